The molecule has 1 aliphatic rings. The smallest absolute Gasteiger partial charge is 0.304 e. The Labute approximate surface area is 150 Å². The molecule has 0 amide bonds. The van der Waals surface area contributed by atoms with E-state index in [9.17, 15) is 19.2 Å². The maximum atomic E-state index is 11.3. The molecule has 0 aliphatic carbocycles. The number of hydrogen-bond donors (Lipinski definition) is 1. The van der Waals surface area contributed by atoms with Crippen molar-refractivity contribution in [2.24, 2.45) is 5.73 Å². The van der Waals surface area contributed by atoms with E-state index < -0.39 is 54.5 Å². The summed E-state index contributed by atoms with van der Waals surface area (Å²) in [5, 5.41) is 0. The van der Waals surface area contributed by atoms with Gasteiger partial charge in [-0.2, -0.15) is 0 Å². The monoisotopic (exact) mass is 383 g/mol. The summed E-state index contributed by atoms with van der Waals surface area (Å²) < 4.78 is 25.5. The lowest BCUT2D eigenvalue weighted by molar-refractivity contribution is -0.267. The lowest BCUT2D eigenvalue weighted by Gasteiger charge is -2.42. The van der Waals surface area contributed by atoms with Crippen molar-refractivity contribution in [3.05, 3.63) is 0 Å². The summed E-state index contributed by atoms with van der Waals surface area (Å²) in [7, 11) is 0. The first-order valence-electron chi connectivity index (χ1n) is 7.18. The summed E-state index contributed by atoms with van der Waals surface area (Å²) in [6.45, 7) is 4.32. The lowest BCUT2D eigenvalue weighted by atomic mass is 9.97. The first-order valence-corrected chi connectivity index (χ1v) is 7.18. The van der Waals surface area contributed by atoms with Crippen LogP contribution in [0.2, 0.25) is 0 Å². The van der Waals surface area contributed by atoms with E-state index in [-0.39, 0.29) is 19.0 Å². The minimum absolute atomic E-state index is 0. The first-order chi connectivity index (χ1) is 11.1. The zero-order valence-corrected chi connectivity index (χ0v) is 15.1. The van der Waals surface area contributed by atoms with Crippen LogP contribution >= 0.6 is 12.4 Å². The summed E-state index contributed by atoms with van der Waals surface area (Å²) >= 11 is 0. The van der Waals surface area contributed by atoms with E-state index in [1.165, 1.54) is 6.92 Å². The molecule has 0 saturated carbocycles. The zero-order valence-electron chi connectivity index (χ0n) is 14.3. The number of esters is 4. The molecule has 1 fully saturated rings. The fourth-order valence-corrected chi connectivity index (χ4v) is 2.20. The molecule has 11 heteroatoms. The summed E-state index contributed by atoms with van der Waals surface area (Å²) in [5.41, 5.74) is 5.93. The Morgan fingerprint density at radius 1 is 0.840 bits per heavy atom. The number of carbonyl (C=O) groups excluding carboxylic acids is 4. The summed E-state index contributed by atoms with van der Waals surface area (Å²) in [4.78, 5) is 44.9. The van der Waals surface area contributed by atoms with Gasteiger partial charge >= 0.3 is 23.9 Å². The largest absolute Gasteiger partial charge is 0.463 e. The SMILES string of the molecule is CC(=O)OC[C@H]1O[C@@H](OC(C)=O)[C@H](N)[C@H](OC(C)=O)[C@@H]1OC(C)=O.Cl. The van der Waals surface area contributed by atoms with Gasteiger partial charge in [0.05, 0.1) is 0 Å². The third kappa shape index (κ3) is 7.24. The number of nitrogens with two attached hydrogens (primary N) is 1. The number of halogens is 1. The molecule has 0 radical (unpaired) electrons. The first kappa shape index (κ1) is 23.1. The van der Waals surface area contributed by atoms with Crippen LogP contribution in [0, 0.1) is 0 Å². The number of hydrogen-bond acceptors (Lipinski definition) is 10. The van der Waals surface area contributed by atoms with Crippen molar-refractivity contribution >= 4 is 36.3 Å². The van der Waals surface area contributed by atoms with E-state index in [0.29, 0.717) is 0 Å². The van der Waals surface area contributed by atoms with Crippen LogP contribution in [0.15, 0.2) is 0 Å². The maximum absolute atomic E-state index is 11.3. The molecule has 1 aliphatic heterocycles. The zero-order chi connectivity index (χ0) is 18.4. The minimum atomic E-state index is -1.26. The van der Waals surface area contributed by atoms with Crippen molar-refractivity contribution < 1.29 is 42.9 Å². The number of carbonyl (C=O) groups is 4. The van der Waals surface area contributed by atoms with Crippen molar-refractivity contribution in [1.29, 1.82) is 0 Å². The Morgan fingerprint density at radius 3 is 1.76 bits per heavy atom. The van der Waals surface area contributed by atoms with Gasteiger partial charge in [0.2, 0.25) is 6.29 Å². The molecular formula is C14H22ClNO9. The minimum Gasteiger partial charge on any atom is -0.463 e. The number of ether oxygens (including phenoxy) is 5. The highest BCUT2D eigenvalue weighted by atomic mass is 35.5. The molecule has 0 aromatic carbocycles. The maximum Gasteiger partial charge on any atom is 0.304 e. The van der Waals surface area contributed by atoms with E-state index in [2.05, 4.69) is 0 Å². The Kier molecular flexibility index (Phi) is 9.39. The van der Waals surface area contributed by atoms with Crippen LogP contribution in [-0.2, 0) is 42.9 Å². The van der Waals surface area contributed by atoms with Gasteiger partial charge in [-0.05, 0) is 0 Å². The highest BCUT2D eigenvalue weighted by Gasteiger charge is 2.50. The van der Waals surface area contributed by atoms with Gasteiger partial charge in [-0.25, -0.2) is 0 Å². The topological polar surface area (TPSA) is 140 Å². The molecular weight excluding hydrogens is 362 g/mol. The van der Waals surface area contributed by atoms with Crippen molar-refractivity contribution in [2.75, 3.05) is 6.61 Å². The molecule has 0 aromatic rings. The summed E-state index contributed by atoms with van der Waals surface area (Å²) in [6, 6.07) is -1.10. The van der Waals surface area contributed by atoms with Crippen LogP contribution in [0.4, 0.5) is 0 Å². The Hall–Kier alpha value is -1.91. The normalized spacial score (nSPS) is 28.1. The molecule has 25 heavy (non-hydrogen) atoms. The predicted octanol–water partition coefficient (Wildman–Crippen LogP) is -0.550. The third-order valence-electron chi connectivity index (χ3n) is 3.03. The average molecular weight is 384 g/mol. The van der Waals surface area contributed by atoms with Crippen LogP contribution in [0.5, 0.6) is 0 Å². The standard InChI is InChI=1S/C14H21NO9.ClH/c1-6(16)20-5-10-12(21-7(2)17)13(22-8(3)18)11(15)14(24-10)23-9(4)19;/h10-14H,5,15H2,1-4H3;1H/t10-,11-,12-,13+,14-;/m1./s1. The molecule has 5 atom stereocenters. The molecule has 2 N–H and O–H groups in total. The van der Waals surface area contributed by atoms with Crippen molar-refractivity contribution in [3.8, 4) is 0 Å². The molecule has 0 unspecified atom stereocenters. The van der Waals surface area contributed by atoms with Crippen molar-refractivity contribution in [3.63, 3.8) is 0 Å². The highest BCUT2D eigenvalue weighted by molar-refractivity contribution is 5.85. The van der Waals surface area contributed by atoms with Gasteiger partial charge < -0.3 is 29.4 Å². The highest BCUT2D eigenvalue weighted by Crippen LogP contribution is 2.26. The summed E-state index contributed by atoms with van der Waals surface area (Å²) in [5.74, 6) is -2.62. The van der Waals surface area contributed by atoms with E-state index in [0.717, 1.165) is 20.8 Å². The molecule has 1 saturated heterocycles. The lowest BCUT2D eigenvalue weighted by Crippen LogP contribution is -2.65. The average Bonchev–Trinajstić information content (AvgIpc) is 2.42. The van der Waals surface area contributed by atoms with E-state index >= 15 is 0 Å². The quantitative estimate of drug-likeness (QED) is 0.485. The van der Waals surface area contributed by atoms with Crippen LogP contribution in [-0.4, -0.2) is 61.1 Å². The van der Waals surface area contributed by atoms with Crippen LogP contribution in [0.25, 0.3) is 0 Å². The van der Waals surface area contributed by atoms with Gasteiger partial charge in [0.15, 0.2) is 12.2 Å². The van der Waals surface area contributed by atoms with Crippen LogP contribution in [0.3, 0.4) is 0 Å². The van der Waals surface area contributed by atoms with E-state index in [4.69, 9.17) is 29.4 Å². The van der Waals surface area contributed by atoms with Gasteiger partial charge in [-0.15, -0.1) is 12.4 Å². The van der Waals surface area contributed by atoms with E-state index in [1.54, 1.807) is 0 Å². The molecule has 0 bridgehead atoms. The number of rotatable bonds is 5. The summed E-state index contributed by atoms with van der Waals surface area (Å²) in [6.07, 6.45) is -4.58. The fourth-order valence-electron chi connectivity index (χ4n) is 2.20. The van der Waals surface area contributed by atoms with Crippen LogP contribution < -0.4 is 5.73 Å². The fraction of sp³-hybridized carbons (Fsp3) is 0.714. The second-order valence-corrected chi connectivity index (χ2v) is 5.18. The Morgan fingerprint density at radius 2 is 1.32 bits per heavy atom. The molecule has 10 nitrogen and oxygen atoms in total. The predicted molar refractivity (Wildman–Crippen MR) is 83.4 cm³/mol. The molecule has 0 spiro atoms. The second-order valence-electron chi connectivity index (χ2n) is 5.18. The molecule has 1 heterocycles. The van der Waals surface area contributed by atoms with Gasteiger partial charge in [0.25, 0.3) is 0 Å². The van der Waals surface area contributed by atoms with Crippen molar-refractivity contribution in [2.45, 2.75) is 58.3 Å². The van der Waals surface area contributed by atoms with Gasteiger partial charge in [-0.3, -0.25) is 19.2 Å². The van der Waals surface area contributed by atoms with E-state index in [1.807, 2.05) is 0 Å². The Bertz CT molecular complexity index is 497. The molecule has 144 valence electrons. The third-order valence-corrected chi connectivity index (χ3v) is 3.03. The molecule has 1 rings (SSSR count). The van der Waals surface area contributed by atoms with Gasteiger partial charge in [0.1, 0.15) is 18.8 Å². The second kappa shape index (κ2) is 10.2. The van der Waals surface area contributed by atoms with Crippen LogP contribution in [0.1, 0.15) is 27.7 Å². The molecule has 0 aromatic heterocycles. The Balaban J connectivity index is 0.00000576. The van der Waals surface area contributed by atoms with Crippen molar-refractivity contribution in [1.82, 2.24) is 0 Å². The van der Waals surface area contributed by atoms with Gasteiger partial charge in [0, 0.05) is 27.7 Å². The van der Waals surface area contributed by atoms with Gasteiger partial charge in [-0.1, -0.05) is 0 Å².